The lowest BCUT2D eigenvalue weighted by Crippen LogP contribution is -2.36. The molecule has 1 amide bonds. The molecule has 0 aliphatic heterocycles. The molecule has 0 radical (unpaired) electrons. The summed E-state index contributed by atoms with van der Waals surface area (Å²) >= 11 is 3.30. The van der Waals surface area contributed by atoms with Gasteiger partial charge in [-0.2, -0.15) is 0 Å². The highest BCUT2D eigenvalue weighted by Crippen LogP contribution is 2.20. The van der Waals surface area contributed by atoms with Crippen molar-refractivity contribution in [2.45, 2.75) is 26.8 Å². The minimum absolute atomic E-state index is 0.0677. The van der Waals surface area contributed by atoms with Gasteiger partial charge in [-0.05, 0) is 47.0 Å². The van der Waals surface area contributed by atoms with Crippen LogP contribution in [0.25, 0.3) is 0 Å². The fourth-order valence-corrected chi connectivity index (χ4v) is 1.50. The lowest BCUT2D eigenvalue weighted by molar-refractivity contribution is 0.0930. The molecule has 0 fully saturated rings. The van der Waals surface area contributed by atoms with Gasteiger partial charge in [-0.1, -0.05) is 13.8 Å². The van der Waals surface area contributed by atoms with Crippen LogP contribution in [0.4, 0.5) is 5.69 Å². The third kappa shape index (κ3) is 3.23. The Bertz CT molecular complexity index is 391. The fourth-order valence-electron chi connectivity index (χ4n) is 1.13. The van der Waals surface area contributed by atoms with Crippen molar-refractivity contribution in [3.05, 3.63) is 28.2 Å². The van der Waals surface area contributed by atoms with Gasteiger partial charge in [0.2, 0.25) is 0 Å². The Balaban J connectivity index is 2.77. The van der Waals surface area contributed by atoms with E-state index in [9.17, 15) is 4.79 Å². The van der Waals surface area contributed by atoms with E-state index >= 15 is 0 Å². The van der Waals surface area contributed by atoms with Crippen molar-refractivity contribution in [3.63, 3.8) is 0 Å². The lowest BCUT2D eigenvalue weighted by Gasteiger charge is -2.17. The van der Waals surface area contributed by atoms with E-state index in [0.29, 0.717) is 17.2 Å². The van der Waals surface area contributed by atoms with Crippen LogP contribution in [0, 0.1) is 5.92 Å². The second-order valence-electron chi connectivity index (χ2n) is 4.24. The van der Waals surface area contributed by atoms with E-state index in [1.165, 1.54) is 0 Å². The summed E-state index contributed by atoms with van der Waals surface area (Å²) in [6.07, 6.45) is 0. The van der Waals surface area contributed by atoms with Crippen LogP contribution in [0.2, 0.25) is 0 Å². The highest BCUT2D eigenvalue weighted by atomic mass is 79.9. The Morgan fingerprint density at radius 1 is 1.38 bits per heavy atom. The summed E-state index contributed by atoms with van der Waals surface area (Å²) in [4.78, 5) is 11.9. The van der Waals surface area contributed by atoms with E-state index in [1.54, 1.807) is 18.2 Å². The van der Waals surface area contributed by atoms with Crippen LogP contribution in [-0.2, 0) is 0 Å². The molecule has 0 aliphatic rings. The number of amides is 1. The first-order chi connectivity index (χ1) is 7.41. The van der Waals surface area contributed by atoms with Gasteiger partial charge in [0.25, 0.3) is 5.91 Å². The minimum Gasteiger partial charge on any atom is -0.398 e. The normalized spacial score (nSPS) is 12.6. The molecule has 1 aromatic rings. The lowest BCUT2D eigenvalue weighted by atomic mass is 10.1. The molecule has 4 heteroatoms. The first kappa shape index (κ1) is 13.0. The molecule has 0 heterocycles. The van der Waals surface area contributed by atoms with Gasteiger partial charge in [0.1, 0.15) is 0 Å². The molecule has 0 aromatic heterocycles. The number of nitrogens with two attached hydrogens (primary N) is 1. The van der Waals surface area contributed by atoms with Gasteiger partial charge in [0, 0.05) is 21.8 Å². The van der Waals surface area contributed by atoms with Gasteiger partial charge in [-0.15, -0.1) is 0 Å². The van der Waals surface area contributed by atoms with Crippen LogP contribution >= 0.6 is 15.9 Å². The van der Waals surface area contributed by atoms with Crippen molar-refractivity contribution in [1.29, 1.82) is 0 Å². The van der Waals surface area contributed by atoms with E-state index in [2.05, 4.69) is 35.1 Å². The number of rotatable bonds is 3. The van der Waals surface area contributed by atoms with Gasteiger partial charge < -0.3 is 11.1 Å². The number of halogens is 1. The zero-order valence-electron chi connectivity index (χ0n) is 9.75. The van der Waals surface area contributed by atoms with Crippen molar-refractivity contribution in [2.24, 2.45) is 5.92 Å². The number of carbonyl (C=O) groups excluding carboxylic acids is 1. The molecular weight excluding hydrogens is 268 g/mol. The van der Waals surface area contributed by atoms with Crippen LogP contribution in [0.3, 0.4) is 0 Å². The molecule has 1 rings (SSSR count). The van der Waals surface area contributed by atoms with Gasteiger partial charge in [-0.3, -0.25) is 4.79 Å². The monoisotopic (exact) mass is 284 g/mol. The largest absolute Gasteiger partial charge is 0.398 e. The van der Waals surface area contributed by atoms with Gasteiger partial charge in [0.05, 0.1) is 0 Å². The number of nitrogens with one attached hydrogen (secondary N) is 1. The number of anilines is 1. The van der Waals surface area contributed by atoms with Crippen LogP contribution in [0.1, 0.15) is 31.1 Å². The third-order valence-corrected chi connectivity index (χ3v) is 3.31. The Morgan fingerprint density at radius 3 is 2.50 bits per heavy atom. The van der Waals surface area contributed by atoms with Crippen LogP contribution in [0.5, 0.6) is 0 Å². The number of hydrogen-bond donors (Lipinski definition) is 2. The first-order valence-corrected chi connectivity index (χ1v) is 6.07. The Hall–Kier alpha value is -1.03. The van der Waals surface area contributed by atoms with Crippen LogP contribution < -0.4 is 11.1 Å². The SMILES string of the molecule is CC(C)C(C)NC(=O)c1ccc(N)c(Br)c1. The van der Waals surface area contributed by atoms with Crippen molar-refractivity contribution in [1.82, 2.24) is 5.32 Å². The molecule has 3 N–H and O–H groups in total. The standard InChI is InChI=1S/C12H17BrN2O/c1-7(2)8(3)15-12(16)9-4-5-11(14)10(13)6-9/h4-8H,14H2,1-3H3,(H,15,16). The zero-order chi connectivity index (χ0) is 12.3. The Kier molecular flexibility index (Phi) is 4.35. The van der Waals surface area contributed by atoms with E-state index in [4.69, 9.17) is 5.73 Å². The summed E-state index contributed by atoms with van der Waals surface area (Å²) in [5.74, 6) is 0.350. The molecule has 1 aromatic carbocycles. The molecule has 0 spiro atoms. The minimum atomic E-state index is -0.0677. The first-order valence-electron chi connectivity index (χ1n) is 5.27. The van der Waals surface area contributed by atoms with Gasteiger partial charge in [0.15, 0.2) is 0 Å². The predicted octanol–water partition coefficient (Wildman–Crippen LogP) is 2.81. The van der Waals surface area contributed by atoms with Crippen molar-refractivity contribution in [3.8, 4) is 0 Å². The predicted molar refractivity (Wildman–Crippen MR) is 70.3 cm³/mol. The van der Waals surface area contributed by atoms with Gasteiger partial charge in [-0.25, -0.2) is 0 Å². The summed E-state index contributed by atoms with van der Waals surface area (Å²) in [5, 5.41) is 2.94. The molecular formula is C12H17BrN2O. The molecule has 0 saturated carbocycles. The topological polar surface area (TPSA) is 55.1 Å². The maximum atomic E-state index is 11.9. The summed E-state index contributed by atoms with van der Waals surface area (Å²) in [7, 11) is 0. The summed E-state index contributed by atoms with van der Waals surface area (Å²) in [6, 6.07) is 5.34. The second kappa shape index (κ2) is 5.34. The van der Waals surface area contributed by atoms with Crippen LogP contribution in [-0.4, -0.2) is 11.9 Å². The molecule has 16 heavy (non-hydrogen) atoms. The zero-order valence-corrected chi connectivity index (χ0v) is 11.3. The van der Waals surface area contributed by atoms with Crippen LogP contribution in [0.15, 0.2) is 22.7 Å². The highest BCUT2D eigenvalue weighted by Gasteiger charge is 2.12. The number of nitrogen functional groups attached to an aromatic ring is 1. The molecule has 3 nitrogen and oxygen atoms in total. The number of carbonyl (C=O) groups is 1. The molecule has 0 aliphatic carbocycles. The summed E-state index contributed by atoms with van der Waals surface area (Å²) in [5.41, 5.74) is 6.91. The maximum absolute atomic E-state index is 11.9. The van der Waals surface area contributed by atoms with E-state index in [0.717, 1.165) is 4.47 Å². The second-order valence-corrected chi connectivity index (χ2v) is 5.10. The quantitative estimate of drug-likeness (QED) is 0.839. The van der Waals surface area contributed by atoms with Crippen molar-refractivity contribution in [2.75, 3.05) is 5.73 Å². The molecule has 1 unspecified atom stereocenters. The number of benzene rings is 1. The smallest absolute Gasteiger partial charge is 0.251 e. The Morgan fingerprint density at radius 2 is 2.00 bits per heavy atom. The maximum Gasteiger partial charge on any atom is 0.251 e. The van der Waals surface area contributed by atoms with E-state index < -0.39 is 0 Å². The van der Waals surface area contributed by atoms with Crippen molar-refractivity contribution >= 4 is 27.5 Å². The van der Waals surface area contributed by atoms with E-state index in [1.807, 2.05) is 6.92 Å². The Labute approximate surface area is 105 Å². The fraction of sp³-hybridized carbons (Fsp3) is 0.417. The third-order valence-electron chi connectivity index (χ3n) is 2.62. The van der Waals surface area contributed by atoms with Gasteiger partial charge >= 0.3 is 0 Å². The molecule has 0 saturated heterocycles. The highest BCUT2D eigenvalue weighted by molar-refractivity contribution is 9.10. The average molecular weight is 285 g/mol. The average Bonchev–Trinajstić information content (AvgIpc) is 2.21. The molecule has 1 atom stereocenters. The van der Waals surface area contributed by atoms with Crippen molar-refractivity contribution < 1.29 is 4.79 Å². The number of hydrogen-bond acceptors (Lipinski definition) is 2. The van der Waals surface area contributed by atoms with E-state index in [-0.39, 0.29) is 11.9 Å². The summed E-state index contributed by atoms with van der Waals surface area (Å²) < 4.78 is 0.748. The molecule has 88 valence electrons. The summed E-state index contributed by atoms with van der Waals surface area (Å²) in [6.45, 7) is 6.14. The molecule has 0 bridgehead atoms.